The lowest BCUT2D eigenvalue weighted by molar-refractivity contribution is -0.130. The average Bonchev–Trinajstić information content (AvgIpc) is 3.22. The number of anilines is 1. The van der Waals surface area contributed by atoms with Crippen LogP contribution in [0, 0.1) is 11.3 Å². The van der Waals surface area contributed by atoms with Gasteiger partial charge in [-0.15, -0.1) is 0 Å². The summed E-state index contributed by atoms with van der Waals surface area (Å²) in [4.78, 5) is 30.6. The topological polar surface area (TPSA) is 99.7 Å². The first-order valence-corrected chi connectivity index (χ1v) is 9.98. The second-order valence-electron chi connectivity index (χ2n) is 7.90. The van der Waals surface area contributed by atoms with E-state index in [1.54, 1.807) is 30.1 Å². The summed E-state index contributed by atoms with van der Waals surface area (Å²) in [5.74, 6) is -0.527. The van der Waals surface area contributed by atoms with Crippen LogP contribution in [-0.2, 0) is 19.7 Å². The fourth-order valence-corrected chi connectivity index (χ4v) is 4.92. The highest BCUT2D eigenvalue weighted by atomic mass is 16.5. The van der Waals surface area contributed by atoms with Crippen molar-refractivity contribution in [3.05, 3.63) is 88.5 Å². The molecule has 0 aromatic heterocycles. The number of hydrogen-bond donors (Lipinski definition) is 1. The summed E-state index contributed by atoms with van der Waals surface area (Å²) in [6.07, 6.45) is 0. The van der Waals surface area contributed by atoms with Crippen molar-refractivity contribution < 1.29 is 14.3 Å². The maximum absolute atomic E-state index is 13.8. The van der Waals surface area contributed by atoms with Gasteiger partial charge < -0.3 is 20.3 Å². The lowest BCUT2D eigenvalue weighted by Crippen LogP contribution is -2.47. The molecule has 0 unspecified atom stereocenters. The van der Waals surface area contributed by atoms with E-state index in [1.165, 1.54) is 4.90 Å². The standard InChI is InChI=1S/C24H20N4O3/c1-14(15-8-4-3-5-9-15)28-13-19-20(22(28)29)24(17(12-25)21(26)31-19)16-10-6-7-11-18(16)27(2)23(24)30/h3-11,14H,13,26H2,1-2H3/t14-,24+/m0/s1. The Labute approximate surface area is 179 Å². The highest BCUT2D eigenvalue weighted by Crippen LogP contribution is 2.55. The van der Waals surface area contributed by atoms with Gasteiger partial charge in [-0.2, -0.15) is 5.26 Å². The van der Waals surface area contributed by atoms with Crippen LogP contribution < -0.4 is 10.6 Å². The molecule has 2 aromatic rings. The summed E-state index contributed by atoms with van der Waals surface area (Å²) in [5, 5.41) is 9.99. The minimum absolute atomic E-state index is 0.0457. The molecule has 1 spiro atoms. The van der Waals surface area contributed by atoms with E-state index in [4.69, 9.17) is 10.5 Å². The van der Waals surface area contributed by atoms with Crippen LogP contribution in [0.2, 0.25) is 0 Å². The number of carbonyl (C=O) groups excluding carboxylic acids is 2. The van der Waals surface area contributed by atoms with E-state index >= 15 is 0 Å². The van der Waals surface area contributed by atoms with E-state index in [0.717, 1.165) is 5.56 Å². The monoisotopic (exact) mass is 412 g/mol. The van der Waals surface area contributed by atoms with Crippen molar-refractivity contribution >= 4 is 17.5 Å². The third kappa shape index (κ3) is 2.27. The summed E-state index contributed by atoms with van der Waals surface area (Å²) >= 11 is 0. The number of nitriles is 1. The van der Waals surface area contributed by atoms with E-state index < -0.39 is 5.41 Å². The SMILES string of the molecule is C[C@@H](c1ccccc1)N1CC2=C(C1=O)[C@]1(C(=O)N(C)c3ccccc31)C(C#N)=C(N)O2. The first kappa shape index (κ1) is 18.9. The van der Waals surface area contributed by atoms with Crippen LogP contribution in [0.4, 0.5) is 5.69 Å². The molecule has 5 rings (SSSR count). The minimum atomic E-state index is -1.60. The Morgan fingerprint density at radius 1 is 1.13 bits per heavy atom. The van der Waals surface area contributed by atoms with Gasteiger partial charge in [0.1, 0.15) is 17.4 Å². The molecule has 2 aromatic carbocycles. The number of benzene rings is 2. The third-order valence-corrected chi connectivity index (χ3v) is 6.45. The highest BCUT2D eigenvalue weighted by molar-refractivity contribution is 6.20. The highest BCUT2D eigenvalue weighted by Gasteiger charge is 2.63. The Kier molecular flexibility index (Phi) is 3.96. The Balaban J connectivity index is 1.70. The van der Waals surface area contributed by atoms with Gasteiger partial charge in [0.15, 0.2) is 5.41 Å². The van der Waals surface area contributed by atoms with Crippen molar-refractivity contribution in [2.75, 3.05) is 18.5 Å². The van der Waals surface area contributed by atoms with Crippen LogP contribution in [0.15, 0.2) is 77.4 Å². The molecule has 2 amide bonds. The second-order valence-corrected chi connectivity index (χ2v) is 7.90. The molecule has 2 atom stereocenters. The minimum Gasteiger partial charge on any atom is -0.442 e. The number of amides is 2. The molecule has 3 aliphatic rings. The van der Waals surface area contributed by atoms with E-state index in [-0.39, 0.29) is 41.4 Å². The van der Waals surface area contributed by atoms with Crippen LogP contribution in [0.3, 0.4) is 0 Å². The van der Waals surface area contributed by atoms with E-state index in [9.17, 15) is 14.9 Å². The van der Waals surface area contributed by atoms with Gasteiger partial charge in [0.2, 0.25) is 11.8 Å². The van der Waals surface area contributed by atoms with Gasteiger partial charge in [0.05, 0.1) is 18.2 Å². The van der Waals surface area contributed by atoms with Crippen LogP contribution >= 0.6 is 0 Å². The smallest absolute Gasteiger partial charge is 0.256 e. The molecule has 0 saturated carbocycles. The number of hydrogen-bond acceptors (Lipinski definition) is 5. The number of fused-ring (bicyclic) bond motifs is 3. The summed E-state index contributed by atoms with van der Waals surface area (Å²) in [7, 11) is 1.64. The van der Waals surface area contributed by atoms with Crippen molar-refractivity contribution in [1.82, 2.24) is 4.90 Å². The summed E-state index contributed by atoms with van der Waals surface area (Å²) in [5.41, 5.74) is 6.86. The normalized spacial score (nSPS) is 23.1. The molecular formula is C24H20N4O3. The summed E-state index contributed by atoms with van der Waals surface area (Å²) in [6, 6.07) is 18.6. The van der Waals surface area contributed by atoms with Gasteiger partial charge in [-0.1, -0.05) is 48.5 Å². The van der Waals surface area contributed by atoms with Crippen molar-refractivity contribution in [3.8, 4) is 6.07 Å². The fraction of sp³-hybridized carbons (Fsp3) is 0.208. The van der Waals surface area contributed by atoms with Crippen molar-refractivity contribution in [1.29, 1.82) is 5.26 Å². The molecule has 31 heavy (non-hydrogen) atoms. The fourth-order valence-electron chi connectivity index (χ4n) is 4.92. The van der Waals surface area contributed by atoms with Gasteiger partial charge in [-0.05, 0) is 18.6 Å². The number of likely N-dealkylation sites (N-methyl/N-ethyl adjacent to an activating group) is 1. The molecule has 3 heterocycles. The van der Waals surface area contributed by atoms with Crippen molar-refractivity contribution in [2.45, 2.75) is 18.4 Å². The zero-order chi connectivity index (χ0) is 21.9. The maximum atomic E-state index is 13.8. The predicted octanol–water partition coefficient (Wildman–Crippen LogP) is 2.48. The molecule has 154 valence electrons. The van der Waals surface area contributed by atoms with Crippen LogP contribution in [0.1, 0.15) is 24.1 Å². The van der Waals surface area contributed by atoms with Crippen LogP contribution in [0.5, 0.6) is 0 Å². The maximum Gasteiger partial charge on any atom is 0.256 e. The van der Waals surface area contributed by atoms with Gasteiger partial charge in [-0.3, -0.25) is 9.59 Å². The van der Waals surface area contributed by atoms with Crippen molar-refractivity contribution in [3.63, 3.8) is 0 Å². The Bertz CT molecular complexity index is 1240. The van der Waals surface area contributed by atoms with E-state index in [2.05, 4.69) is 6.07 Å². The lowest BCUT2D eigenvalue weighted by atomic mass is 9.68. The largest absolute Gasteiger partial charge is 0.442 e. The van der Waals surface area contributed by atoms with Crippen molar-refractivity contribution in [2.24, 2.45) is 5.73 Å². The second kappa shape index (κ2) is 6.47. The molecule has 0 aliphatic carbocycles. The number of para-hydroxylation sites is 1. The first-order chi connectivity index (χ1) is 14.9. The van der Waals surface area contributed by atoms with Crippen LogP contribution in [0.25, 0.3) is 0 Å². The summed E-state index contributed by atoms with van der Waals surface area (Å²) in [6.45, 7) is 2.10. The quantitative estimate of drug-likeness (QED) is 0.817. The molecule has 0 bridgehead atoms. The van der Waals surface area contributed by atoms with Gasteiger partial charge in [0, 0.05) is 18.3 Å². The number of rotatable bonds is 2. The average molecular weight is 412 g/mol. The number of nitrogens with two attached hydrogens (primary N) is 1. The van der Waals surface area contributed by atoms with E-state index in [1.807, 2.05) is 43.3 Å². The Morgan fingerprint density at radius 2 is 1.81 bits per heavy atom. The zero-order valence-electron chi connectivity index (χ0n) is 17.1. The molecule has 0 radical (unpaired) electrons. The molecule has 0 saturated heterocycles. The predicted molar refractivity (Wildman–Crippen MR) is 113 cm³/mol. The lowest BCUT2D eigenvalue weighted by Gasteiger charge is -2.33. The van der Waals surface area contributed by atoms with Gasteiger partial charge in [-0.25, -0.2) is 0 Å². The molecule has 0 fully saturated rings. The Hall–Kier alpha value is -4.05. The molecular weight excluding hydrogens is 392 g/mol. The number of ether oxygens (including phenoxy) is 1. The zero-order valence-corrected chi connectivity index (χ0v) is 17.1. The molecule has 2 N–H and O–H groups in total. The molecule has 3 aliphatic heterocycles. The van der Waals surface area contributed by atoms with Gasteiger partial charge in [0.25, 0.3) is 5.91 Å². The summed E-state index contributed by atoms with van der Waals surface area (Å²) < 4.78 is 5.77. The first-order valence-electron chi connectivity index (χ1n) is 9.98. The van der Waals surface area contributed by atoms with E-state index in [0.29, 0.717) is 17.0 Å². The third-order valence-electron chi connectivity index (χ3n) is 6.45. The molecule has 7 heteroatoms. The number of carbonyl (C=O) groups is 2. The number of nitrogens with zero attached hydrogens (tertiary/aromatic N) is 3. The Morgan fingerprint density at radius 3 is 2.52 bits per heavy atom. The van der Waals surface area contributed by atoms with Crippen LogP contribution in [-0.4, -0.2) is 30.3 Å². The van der Waals surface area contributed by atoms with Gasteiger partial charge >= 0.3 is 0 Å². The molecule has 7 nitrogen and oxygen atoms in total.